The molecule has 0 radical (unpaired) electrons. The fourth-order valence-electron chi connectivity index (χ4n) is 1.53. The van der Waals surface area contributed by atoms with Crippen molar-refractivity contribution < 1.29 is 17.9 Å². The third kappa shape index (κ3) is 5.88. The second kappa shape index (κ2) is 6.61. The van der Waals surface area contributed by atoms with Gasteiger partial charge in [0.1, 0.15) is 5.75 Å². The SMILES string of the molecule is CNCCN(C)Cc1cccc(OC(F)(F)F)c1. The van der Waals surface area contributed by atoms with Crippen LogP contribution in [0.4, 0.5) is 13.2 Å². The highest BCUT2D eigenvalue weighted by Crippen LogP contribution is 2.23. The molecule has 1 rings (SSSR count). The molecule has 0 bridgehead atoms. The Kier molecular flexibility index (Phi) is 5.43. The zero-order valence-electron chi connectivity index (χ0n) is 10.4. The van der Waals surface area contributed by atoms with Crippen LogP contribution in [-0.2, 0) is 6.54 Å². The van der Waals surface area contributed by atoms with Gasteiger partial charge in [-0.05, 0) is 31.8 Å². The molecule has 0 amide bonds. The monoisotopic (exact) mass is 262 g/mol. The van der Waals surface area contributed by atoms with E-state index in [1.165, 1.54) is 12.1 Å². The summed E-state index contributed by atoms with van der Waals surface area (Å²) in [7, 11) is 3.76. The fourth-order valence-corrected chi connectivity index (χ4v) is 1.53. The third-order valence-corrected chi connectivity index (χ3v) is 2.33. The van der Waals surface area contributed by atoms with Crippen LogP contribution in [0.5, 0.6) is 5.75 Å². The first kappa shape index (κ1) is 14.8. The zero-order valence-corrected chi connectivity index (χ0v) is 10.4. The topological polar surface area (TPSA) is 24.5 Å². The maximum Gasteiger partial charge on any atom is 0.573 e. The van der Waals surface area contributed by atoms with Crippen LogP contribution in [-0.4, -0.2) is 38.4 Å². The number of ether oxygens (including phenoxy) is 1. The van der Waals surface area contributed by atoms with E-state index in [4.69, 9.17) is 0 Å². The van der Waals surface area contributed by atoms with Gasteiger partial charge < -0.3 is 15.0 Å². The molecule has 0 fully saturated rings. The average Bonchev–Trinajstić information content (AvgIpc) is 2.24. The van der Waals surface area contributed by atoms with Crippen molar-refractivity contribution in [1.82, 2.24) is 10.2 Å². The number of alkyl halides is 3. The van der Waals surface area contributed by atoms with Gasteiger partial charge in [-0.25, -0.2) is 0 Å². The van der Waals surface area contributed by atoms with E-state index in [1.807, 2.05) is 19.0 Å². The number of halogens is 3. The number of rotatable bonds is 6. The molecule has 1 aromatic carbocycles. The summed E-state index contributed by atoms with van der Waals surface area (Å²) < 4.78 is 40.1. The van der Waals surface area contributed by atoms with Gasteiger partial charge in [0.2, 0.25) is 0 Å². The Morgan fingerprint density at radius 2 is 2.06 bits per heavy atom. The number of nitrogens with zero attached hydrogens (tertiary/aromatic N) is 1. The van der Waals surface area contributed by atoms with Gasteiger partial charge in [0.15, 0.2) is 0 Å². The molecule has 0 unspecified atom stereocenters. The van der Waals surface area contributed by atoms with E-state index in [0.717, 1.165) is 18.7 Å². The van der Waals surface area contributed by atoms with E-state index >= 15 is 0 Å². The summed E-state index contributed by atoms with van der Waals surface area (Å²) in [4.78, 5) is 2.02. The lowest BCUT2D eigenvalue weighted by molar-refractivity contribution is -0.274. The highest BCUT2D eigenvalue weighted by atomic mass is 19.4. The molecule has 1 aromatic rings. The van der Waals surface area contributed by atoms with Crippen LogP contribution in [0, 0.1) is 0 Å². The van der Waals surface area contributed by atoms with Crippen LogP contribution in [0.15, 0.2) is 24.3 Å². The Hall–Kier alpha value is -1.27. The highest BCUT2D eigenvalue weighted by Gasteiger charge is 2.31. The summed E-state index contributed by atoms with van der Waals surface area (Å²) in [5.41, 5.74) is 0.787. The number of likely N-dealkylation sites (N-methyl/N-ethyl adjacent to an activating group) is 2. The van der Waals surface area contributed by atoms with Crippen molar-refractivity contribution >= 4 is 0 Å². The van der Waals surface area contributed by atoms with E-state index in [2.05, 4.69) is 10.1 Å². The molecule has 0 aliphatic heterocycles. The minimum atomic E-state index is -4.64. The van der Waals surface area contributed by atoms with Crippen molar-refractivity contribution in [1.29, 1.82) is 0 Å². The van der Waals surface area contributed by atoms with Crippen LogP contribution in [0.2, 0.25) is 0 Å². The Morgan fingerprint density at radius 3 is 2.67 bits per heavy atom. The predicted octanol–water partition coefficient (Wildman–Crippen LogP) is 2.24. The zero-order chi connectivity index (χ0) is 13.6. The average molecular weight is 262 g/mol. The van der Waals surface area contributed by atoms with E-state index in [1.54, 1.807) is 12.1 Å². The van der Waals surface area contributed by atoms with Gasteiger partial charge in [-0.15, -0.1) is 13.2 Å². The van der Waals surface area contributed by atoms with Crippen LogP contribution in [0.25, 0.3) is 0 Å². The lowest BCUT2D eigenvalue weighted by Gasteiger charge is -2.17. The first-order valence-corrected chi connectivity index (χ1v) is 5.58. The van der Waals surface area contributed by atoms with Gasteiger partial charge in [0.25, 0.3) is 0 Å². The molecule has 0 aliphatic rings. The number of hydrogen-bond donors (Lipinski definition) is 1. The molecule has 0 saturated heterocycles. The van der Waals surface area contributed by atoms with E-state index in [0.29, 0.717) is 6.54 Å². The second-order valence-corrected chi connectivity index (χ2v) is 4.04. The maximum absolute atomic E-state index is 12.1. The standard InChI is InChI=1S/C12H17F3N2O/c1-16-6-7-17(2)9-10-4-3-5-11(8-10)18-12(13,14)15/h3-5,8,16H,6-7,9H2,1-2H3. The second-order valence-electron chi connectivity index (χ2n) is 4.04. The number of nitrogens with one attached hydrogen (secondary N) is 1. The smallest absolute Gasteiger partial charge is 0.406 e. The quantitative estimate of drug-likeness (QED) is 0.851. The fraction of sp³-hybridized carbons (Fsp3) is 0.500. The Balaban J connectivity index is 2.59. The van der Waals surface area contributed by atoms with Crippen molar-refractivity contribution in [3.05, 3.63) is 29.8 Å². The van der Waals surface area contributed by atoms with Crippen LogP contribution < -0.4 is 10.1 Å². The summed E-state index contributed by atoms with van der Waals surface area (Å²) in [6, 6.07) is 6.04. The lowest BCUT2D eigenvalue weighted by Crippen LogP contribution is -2.27. The molecule has 0 atom stereocenters. The van der Waals surface area contributed by atoms with Crippen LogP contribution in [0.1, 0.15) is 5.56 Å². The first-order valence-electron chi connectivity index (χ1n) is 5.58. The summed E-state index contributed by atoms with van der Waals surface area (Å²) in [5, 5.41) is 3.01. The Labute approximate surface area is 105 Å². The normalized spacial score (nSPS) is 11.9. The van der Waals surface area contributed by atoms with Crippen LogP contribution in [0.3, 0.4) is 0 Å². The molecule has 0 saturated carbocycles. The van der Waals surface area contributed by atoms with E-state index < -0.39 is 6.36 Å². The molecule has 0 aromatic heterocycles. The van der Waals surface area contributed by atoms with Crippen molar-refractivity contribution in [3.8, 4) is 5.75 Å². The van der Waals surface area contributed by atoms with Gasteiger partial charge in [0, 0.05) is 19.6 Å². The number of hydrogen-bond acceptors (Lipinski definition) is 3. The molecule has 102 valence electrons. The van der Waals surface area contributed by atoms with Crippen LogP contribution >= 0.6 is 0 Å². The van der Waals surface area contributed by atoms with Gasteiger partial charge in [-0.3, -0.25) is 0 Å². The summed E-state index contributed by atoms with van der Waals surface area (Å²) in [6.45, 7) is 2.23. The van der Waals surface area contributed by atoms with Crippen molar-refractivity contribution in [2.24, 2.45) is 0 Å². The molecular formula is C12H17F3N2O. The maximum atomic E-state index is 12.1. The first-order chi connectivity index (χ1) is 8.40. The molecule has 6 heteroatoms. The minimum absolute atomic E-state index is 0.179. The third-order valence-electron chi connectivity index (χ3n) is 2.33. The molecule has 18 heavy (non-hydrogen) atoms. The Morgan fingerprint density at radius 1 is 1.33 bits per heavy atom. The van der Waals surface area contributed by atoms with E-state index in [-0.39, 0.29) is 5.75 Å². The van der Waals surface area contributed by atoms with E-state index in [9.17, 15) is 13.2 Å². The molecule has 0 heterocycles. The molecule has 1 N–H and O–H groups in total. The lowest BCUT2D eigenvalue weighted by atomic mass is 10.2. The molecular weight excluding hydrogens is 245 g/mol. The van der Waals surface area contributed by atoms with Crippen molar-refractivity contribution in [3.63, 3.8) is 0 Å². The van der Waals surface area contributed by atoms with Gasteiger partial charge >= 0.3 is 6.36 Å². The summed E-state index contributed by atoms with van der Waals surface area (Å²) in [5.74, 6) is -0.179. The summed E-state index contributed by atoms with van der Waals surface area (Å²) in [6.07, 6.45) is -4.64. The Bertz CT molecular complexity index is 369. The van der Waals surface area contributed by atoms with Crippen molar-refractivity contribution in [2.75, 3.05) is 27.2 Å². The highest BCUT2D eigenvalue weighted by molar-refractivity contribution is 5.28. The summed E-state index contributed by atoms with van der Waals surface area (Å²) >= 11 is 0. The van der Waals surface area contributed by atoms with Gasteiger partial charge in [-0.1, -0.05) is 12.1 Å². The minimum Gasteiger partial charge on any atom is -0.406 e. The van der Waals surface area contributed by atoms with Gasteiger partial charge in [0.05, 0.1) is 0 Å². The molecule has 3 nitrogen and oxygen atoms in total. The predicted molar refractivity (Wildman–Crippen MR) is 63.4 cm³/mol. The van der Waals surface area contributed by atoms with Gasteiger partial charge in [-0.2, -0.15) is 0 Å². The number of benzene rings is 1. The largest absolute Gasteiger partial charge is 0.573 e. The molecule has 0 aliphatic carbocycles. The molecule has 0 spiro atoms. The van der Waals surface area contributed by atoms with Crippen molar-refractivity contribution in [2.45, 2.75) is 12.9 Å².